The fraction of sp³-hybridized carbons (Fsp3) is 0.120. The summed E-state index contributed by atoms with van der Waals surface area (Å²) in [7, 11) is 1.69. The number of aromatic nitrogens is 1. The van der Waals surface area contributed by atoms with Gasteiger partial charge in [0.25, 0.3) is 0 Å². The maximum atomic E-state index is 5.85. The van der Waals surface area contributed by atoms with Crippen molar-refractivity contribution in [1.82, 2.24) is 4.98 Å². The normalized spacial score (nSPS) is 12.1. The van der Waals surface area contributed by atoms with Crippen LogP contribution in [-0.2, 0) is 13.0 Å². The zero-order valence-corrected chi connectivity index (χ0v) is 19.2. The number of hydrogen-bond donors (Lipinski definition) is 0. The summed E-state index contributed by atoms with van der Waals surface area (Å²) >= 11 is 5.27. The molecular weight excluding hydrogens is 472 g/mol. The highest BCUT2D eigenvalue weighted by molar-refractivity contribution is 9.10. The van der Waals surface area contributed by atoms with E-state index in [1.807, 2.05) is 60.8 Å². The first-order chi connectivity index (χ1) is 15.2. The second kappa shape index (κ2) is 8.65. The van der Waals surface area contributed by atoms with Crippen LogP contribution in [0.25, 0.3) is 11.3 Å². The van der Waals surface area contributed by atoms with E-state index in [1.165, 1.54) is 10.4 Å². The van der Waals surface area contributed by atoms with Crippen LogP contribution in [0.1, 0.15) is 21.6 Å². The van der Waals surface area contributed by atoms with Gasteiger partial charge in [0.05, 0.1) is 12.8 Å². The summed E-state index contributed by atoms with van der Waals surface area (Å²) in [6.07, 6.45) is 2.69. The Morgan fingerprint density at radius 3 is 2.65 bits per heavy atom. The molecular formula is C25H19BrN2O2S. The molecule has 6 heteroatoms. The van der Waals surface area contributed by atoms with Crippen molar-refractivity contribution in [2.24, 2.45) is 4.99 Å². The lowest BCUT2D eigenvalue weighted by atomic mass is 10.1. The minimum absolute atomic E-state index is 0.556. The third-order valence-electron chi connectivity index (χ3n) is 5.15. The number of ether oxygens (including phenoxy) is 2. The number of thiazole rings is 1. The maximum absolute atomic E-state index is 5.85. The molecule has 0 bridgehead atoms. The van der Waals surface area contributed by atoms with E-state index in [4.69, 9.17) is 14.5 Å². The highest BCUT2D eigenvalue weighted by atomic mass is 79.9. The van der Waals surface area contributed by atoms with Crippen LogP contribution in [0.4, 0.5) is 5.13 Å². The first-order valence-electron chi connectivity index (χ1n) is 9.87. The van der Waals surface area contributed by atoms with Crippen LogP contribution < -0.4 is 9.47 Å². The quantitative estimate of drug-likeness (QED) is 0.245. The Balaban J connectivity index is 1.29. The molecule has 154 valence electrons. The number of nitrogens with zero attached hydrogens (tertiary/aromatic N) is 2. The molecule has 0 N–H and O–H groups in total. The fourth-order valence-corrected chi connectivity index (χ4v) is 4.99. The Hall–Kier alpha value is -2.96. The molecule has 1 aliphatic carbocycles. The molecule has 0 aliphatic heterocycles. The third kappa shape index (κ3) is 4.13. The van der Waals surface area contributed by atoms with E-state index >= 15 is 0 Å². The molecule has 31 heavy (non-hydrogen) atoms. The lowest BCUT2D eigenvalue weighted by Gasteiger charge is -2.08. The van der Waals surface area contributed by atoms with E-state index in [1.54, 1.807) is 18.4 Å². The second-order valence-corrected chi connectivity index (χ2v) is 9.07. The molecule has 0 amide bonds. The zero-order valence-electron chi connectivity index (χ0n) is 16.8. The van der Waals surface area contributed by atoms with Gasteiger partial charge in [0.2, 0.25) is 5.13 Å². The van der Waals surface area contributed by atoms with Gasteiger partial charge >= 0.3 is 0 Å². The lowest BCUT2D eigenvalue weighted by molar-refractivity contribution is 0.306. The van der Waals surface area contributed by atoms with Crippen molar-refractivity contribution in [2.75, 3.05) is 7.11 Å². The van der Waals surface area contributed by atoms with Crippen molar-refractivity contribution < 1.29 is 9.47 Å². The van der Waals surface area contributed by atoms with Crippen LogP contribution in [0.5, 0.6) is 11.5 Å². The molecule has 5 rings (SSSR count). The number of methoxy groups -OCH3 is 1. The van der Waals surface area contributed by atoms with E-state index in [0.29, 0.717) is 6.61 Å². The average Bonchev–Trinajstić information content (AvgIpc) is 3.37. The standard InChI is InChI=1S/C25H19BrN2O2S/c1-29-21-12-11-20(26)19-13-22-24(23(19)21)28-25(31-22)27-14-16-7-9-18(10-8-16)30-15-17-5-3-2-4-6-17/h2-12,14H,13,15H2,1H3. The summed E-state index contributed by atoms with van der Waals surface area (Å²) in [5.74, 6) is 1.69. The Morgan fingerprint density at radius 2 is 1.87 bits per heavy atom. The van der Waals surface area contributed by atoms with Crippen molar-refractivity contribution >= 4 is 38.6 Å². The van der Waals surface area contributed by atoms with Crippen LogP contribution in [0, 0.1) is 0 Å². The molecule has 3 aromatic carbocycles. The molecule has 0 spiro atoms. The first kappa shape index (κ1) is 20.0. The maximum Gasteiger partial charge on any atom is 0.209 e. The molecule has 0 atom stereocenters. The fourth-order valence-electron chi connectivity index (χ4n) is 3.59. The summed E-state index contributed by atoms with van der Waals surface area (Å²) in [5, 5.41) is 0.752. The van der Waals surface area contributed by atoms with Crippen molar-refractivity contribution in [3.8, 4) is 22.8 Å². The summed E-state index contributed by atoms with van der Waals surface area (Å²) in [4.78, 5) is 10.6. The molecule has 1 heterocycles. The number of fused-ring (bicyclic) bond motifs is 3. The summed E-state index contributed by atoms with van der Waals surface area (Å²) in [6.45, 7) is 0.556. The summed E-state index contributed by atoms with van der Waals surface area (Å²) < 4.78 is 12.5. The lowest BCUT2D eigenvalue weighted by Crippen LogP contribution is -1.94. The Morgan fingerprint density at radius 1 is 1.06 bits per heavy atom. The largest absolute Gasteiger partial charge is 0.496 e. The Kier molecular flexibility index (Phi) is 5.57. The molecule has 0 radical (unpaired) electrons. The van der Waals surface area contributed by atoms with Gasteiger partial charge in [-0.05, 0) is 53.1 Å². The molecule has 1 aliphatic rings. The summed E-state index contributed by atoms with van der Waals surface area (Å²) in [6, 6.07) is 22.1. The van der Waals surface area contributed by atoms with Crippen LogP contribution >= 0.6 is 27.3 Å². The van der Waals surface area contributed by atoms with Gasteiger partial charge in [0.1, 0.15) is 18.1 Å². The number of hydrogen-bond acceptors (Lipinski definition) is 5. The van der Waals surface area contributed by atoms with Gasteiger partial charge in [-0.3, -0.25) is 0 Å². The van der Waals surface area contributed by atoms with Gasteiger partial charge in [-0.1, -0.05) is 57.6 Å². The minimum atomic E-state index is 0.556. The van der Waals surface area contributed by atoms with Gasteiger partial charge < -0.3 is 9.47 Å². The number of aliphatic imine (C=N–C) groups is 1. The molecule has 0 fully saturated rings. The average molecular weight is 491 g/mol. The highest BCUT2D eigenvalue weighted by Gasteiger charge is 2.28. The van der Waals surface area contributed by atoms with Gasteiger partial charge in [-0.25, -0.2) is 9.98 Å². The first-order valence-corrected chi connectivity index (χ1v) is 11.5. The van der Waals surface area contributed by atoms with E-state index in [-0.39, 0.29) is 0 Å². The topological polar surface area (TPSA) is 43.7 Å². The predicted molar refractivity (Wildman–Crippen MR) is 129 cm³/mol. The van der Waals surface area contributed by atoms with Crippen molar-refractivity contribution in [2.45, 2.75) is 13.0 Å². The molecule has 0 saturated heterocycles. The SMILES string of the molecule is COc1ccc(Br)c2c1-c1nc(N=Cc3ccc(OCc4ccccc4)cc3)sc1C2. The van der Waals surface area contributed by atoms with Crippen molar-refractivity contribution in [1.29, 1.82) is 0 Å². The Bertz CT molecular complexity index is 1250. The van der Waals surface area contributed by atoms with E-state index in [2.05, 4.69) is 33.1 Å². The summed E-state index contributed by atoms with van der Waals surface area (Å²) in [5.41, 5.74) is 5.44. The van der Waals surface area contributed by atoms with Crippen molar-refractivity contribution in [3.05, 3.63) is 92.8 Å². The smallest absolute Gasteiger partial charge is 0.209 e. The molecule has 0 unspecified atom stereocenters. The second-order valence-electron chi connectivity index (χ2n) is 7.15. The van der Waals surface area contributed by atoms with Gasteiger partial charge in [0, 0.05) is 27.5 Å². The number of rotatable bonds is 6. The molecule has 4 nitrogen and oxygen atoms in total. The Labute approximate surface area is 193 Å². The molecule has 4 aromatic rings. The molecule has 1 aromatic heterocycles. The van der Waals surface area contributed by atoms with Gasteiger partial charge in [-0.15, -0.1) is 0 Å². The van der Waals surface area contributed by atoms with Crippen LogP contribution in [0.3, 0.4) is 0 Å². The van der Waals surface area contributed by atoms with Crippen molar-refractivity contribution in [3.63, 3.8) is 0 Å². The van der Waals surface area contributed by atoms with E-state index < -0.39 is 0 Å². The predicted octanol–water partition coefficient (Wildman–Crippen LogP) is 6.82. The van der Waals surface area contributed by atoms with Crippen LogP contribution in [-0.4, -0.2) is 18.3 Å². The number of halogens is 1. The molecule has 0 saturated carbocycles. The van der Waals surface area contributed by atoms with Crippen LogP contribution in [0.15, 0.2) is 76.2 Å². The number of benzene rings is 3. The van der Waals surface area contributed by atoms with Gasteiger partial charge in [0.15, 0.2) is 0 Å². The van der Waals surface area contributed by atoms with E-state index in [0.717, 1.165) is 49.9 Å². The highest BCUT2D eigenvalue weighted by Crippen LogP contribution is 2.48. The monoisotopic (exact) mass is 490 g/mol. The zero-order chi connectivity index (χ0) is 21.2. The minimum Gasteiger partial charge on any atom is -0.496 e. The van der Waals surface area contributed by atoms with E-state index in [9.17, 15) is 0 Å². The van der Waals surface area contributed by atoms with Crippen LogP contribution in [0.2, 0.25) is 0 Å². The van der Waals surface area contributed by atoms with Gasteiger partial charge in [-0.2, -0.15) is 0 Å². The third-order valence-corrected chi connectivity index (χ3v) is 6.86.